The first-order chi connectivity index (χ1) is 24.0. The van der Waals surface area contributed by atoms with Crippen molar-refractivity contribution in [3.8, 4) is 0 Å². The molecule has 3 saturated carbocycles. The number of aliphatic hydroxyl groups is 2. The number of esters is 3. The Morgan fingerprint density at radius 3 is 2.18 bits per heavy atom. The van der Waals surface area contributed by atoms with Gasteiger partial charge < -0.3 is 33.6 Å². The van der Waals surface area contributed by atoms with E-state index in [1.54, 1.807) is 58.0 Å². The lowest BCUT2D eigenvalue weighted by Crippen LogP contribution is -2.81. The van der Waals surface area contributed by atoms with E-state index in [2.05, 4.69) is 20.8 Å². The minimum Gasteiger partial charge on any atom is -0.455 e. The van der Waals surface area contributed by atoms with Crippen LogP contribution in [0, 0.1) is 28.6 Å². The molecule has 2 bridgehead atoms. The van der Waals surface area contributed by atoms with Gasteiger partial charge in [0.15, 0.2) is 19.7 Å². The Morgan fingerprint density at radius 2 is 1.65 bits per heavy atom. The van der Waals surface area contributed by atoms with Crippen LogP contribution >= 0.6 is 0 Å². The second kappa shape index (κ2) is 13.2. The SMILES string of the molecule is CC[Si](CC)(CC)O[C@H]1C[C@H]2OC[C@@]2(OC(C)=O)C2[C@H](OC(=O)c3ccccc3)[C@]3(O)C[C@H](O)C(C)C(=C(OC(=O)C4CC4)C(=O)[C@@]21C)C3(C)C. The van der Waals surface area contributed by atoms with E-state index in [1.807, 2.05) is 0 Å². The van der Waals surface area contributed by atoms with Gasteiger partial charge in [-0.1, -0.05) is 59.7 Å². The normalized spacial score (nSPS) is 37.2. The molecule has 12 heteroatoms. The Balaban J connectivity index is 1.69. The largest absolute Gasteiger partial charge is 0.455 e. The Kier molecular flexibility index (Phi) is 9.79. The Morgan fingerprint density at radius 1 is 1.02 bits per heavy atom. The average molecular weight is 727 g/mol. The predicted octanol–water partition coefficient (Wildman–Crippen LogP) is 5.28. The molecule has 4 fully saturated rings. The molecule has 2 unspecified atom stereocenters. The molecular weight excluding hydrogens is 673 g/mol. The third-order valence-electron chi connectivity index (χ3n) is 13.4. The number of rotatable bonds is 10. The molecule has 0 radical (unpaired) electrons. The van der Waals surface area contributed by atoms with Crippen LogP contribution in [-0.2, 0) is 37.8 Å². The fourth-order valence-corrected chi connectivity index (χ4v) is 12.6. The predicted molar refractivity (Wildman–Crippen MR) is 188 cm³/mol. The number of hydrogen-bond acceptors (Lipinski definition) is 11. The molecule has 1 aromatic rings. The van der Waals surface area contributed by atoms with Crippen LogP contribution in [0.25, 0.3) is 0 Å². The maximum absolute atomic E-state index is 15.9. The number of hydrogen-bond donors (Lipinski definition) is 2. The zero-order valence-corrected chi connectivity index (χ0v) is 32.2. The van der Waals surface area contributed by atoms with Crippen LogP contribution in [0.4, 0.5) is 0 Å². The van der Waals surface area contributed by atoms with Gasteiger partial charge in [-0.05, 0) is 55.6 Å². The van der Waals surface area contributed by atoms with Crippen LogP contribution in [0.3, 0.4) is 0 Å². The number of ketones is 1. The topological polar surface area (TPSA) is 155 Å². The number of carbonyl (C=O) groups excluding carboxylic acids is 4. The molecule has 2 N–H and O–H groups in total. The van der Waals surface area contributed by atoms with Crippen LogP contribution in [-0.4, -0.2) is 84.4 Å². The van der Waals surface area contributed by atoms with Crippen LogP contribution in [0.2, 0.25) is 18.1 Å². The molecule has 1 aromatic carbocycles. The summed E-state index contributed by atoms with van der Waals surface area (Å²) in [5.74, 6) is -5.03. The van der Waals surface area contributed by atoms with Crippen molar-refractivity contribution in [2.45, 2.75) is 135 Å². The fraction of sp³-hybridized carbons (Fsp3) is 0.692. The maximum atomic E-state index is 15.9. The van der Waals surface area contributed by atoms with Gasteiger partial charge >= 0.3 is 17.9 Å². The second-order valence-corrected chi connectivity index (χ2v) is 21.0. The van der Waals surface area contributed by atoms with E-state index in [0.29, 0.717) is 12.8 Å². The van der Waals surface area contributed by atoms with E-state index in [-0.39, 0.29) is 42.3 Å². The summed E-state index contributed by atoms with van der Waals surface area (Å²) in [4.78, 5) is 56.6. The van der Waals surface area contributed by atoms with Crippen LogP contribution in [0.15, 0.2) is 41.7 Å². The lowest BCUT2D eigenvalue weighted by atomic mass is 9.45. The van der Waals surface area contributed by atoms with Crippen molar-refractivity contribution in [1.82, 2.24) is 0 Å². The van der Waals surface area contributed by atoms with E-state index in [0.717, 1.165) is 18.1 Å². The maximum Gasteiger partial charge on any atom is 0.338 e. The standard InChI is InChI=1S/C39H54O11Si/c1-9-51(10-2,11-3)50-27-19-28-38(21-46-28,49-23(5)40)31-33(48-35(44)24-15-13-12-14-16-24)39(45)20-26(41)22(4)29(36(39,6)7)30(32(42)37(27,31)8)47-34(43)25-17-18-25/h12-16,22,25-28,31,33,41,45H,9-11,17-21H2,1-8H3/t22?,26-,27-,28+,31?,33-,37+,38-,39+/m0/s1. The van der Waals surface area contributed by atoms with Crippen molar-refractivity contribution in [3.05, 3.63) is 47.2 Å². The highest BCUT2D eigenvalue weighted by atomic mass is 28.4. The summed E-state index contributed by atoms with van der Waals surface area (Å²) in [6.07, 6.45) is -3.14. The summed E-state index contributed by atoms with van der Waals surface area (Å²) in [7, 11) is -2.49. The van der Waals surface area contributed by atoms with Crippen LogP contribution in [0.1, 0.15) is 91.4 Å². The molecule has 0 amide bonds. The molecule has 5 aliphatic rings. The van der Waals surface area contributed by atoms with Gasteiger partial charge in [-0.15, -0.1) is 0 Å². The van der Waals surface area contributed by atoms with Gasteiger partial charge in [0.25, 0.3) is 0 Å². The van der Waals surface area contributed by atoms with E-state index in [4.69, 9.17) is 23.4 Å². The first-order valence-corrected chi connectivity index (χ1v) is 21.2. The number of ether oxygens (including phenoxy) is 4. The van der Waals surface area contributed by atoms with Crippen molar-refractivity contribution in [2.24, 2.45) is 28.6 Å². The van der Waals surface area contributed by atoms with Gasteiger partial charge in [0.2, 0.25) is 5.78 Å². The van der Waals surface area contributed by atoms with E-state index in [1.165, 1.54) is 6.92 Å². The van der Waals surface area contributed by atoms with Gasteiger partial charge in [-0.2, -0.15) is 0 Å². The molecule has 9 atom stereocenters. The Labute approximate surface area is 301 Å². The summed E-state index contributed by atoms with van der Waals surface area (Å²) in [6.45, 7) is 14.3. The quantitative estimate of drug-likeness (QED) is 0.184. The van der Waals surface area contributed by atoms with Gasteiger partial charge in [-0.3, -0.25) is 14.4 Å². The molecule has 1 saturated heterocycles. The molecule has 1 heterocycles. The molecular formula is C39H54O11Si. The minimum atomic E-state index is -2.49. The van der Waals surface area contributed by atoms with Crippen molar-refractivity contribution >= 4 is 32.0 Å². The molecule has 11 nitrogen and oxygen atoms in total. The zero-order valence-electron chi connectivity index (χ0n) is 31.2. The zero-order chi connectivity index (χ0) is 37.3. The highest BCUT2D eigenvalue weighted by molar-refractivity contribution is 6.73. The minimum absolute atomic E-state index is 0.127. The first-order valence-electron chi connectivity index (χ1n) is 18.6. The summed E-state index contributed by atoms with van der Waals surface area (Å²) < 4.78 is 32.3. The van der Waals surface area contributed by atoms with E-state index in [9.17, 15) is 24.6 Å². The fourth-order valence-electron chi connectivity index (χ4n) is 9.70. The summed E-state index contributed by atoms with van der Waals surface area (Å²) in [6, 6.07) is 10.6. The molecule has 1 aliphatic heterocycles. The number of carbonyl (C=O) groups is 4. The highest BCUT2D eigenvalue weighted by Crippen LogP contribution is 2.65. The number of allylic oxidation sites excluding steroid dienone is 1. The molecule has 4 aliphatic carbocycles. The summed E-state index contributed by atoms with van der Waals surface area (Å²) in [5, 5.41) is 25.1. The smallest absolute Gasteiger partial charge is 0.338 e. The molecule has 0 spiro atoms. The second-order valence-electron chi connectivity index (χ2n) is 16.3. The van der Waals surface area contributed by atoms with Crippen LogP contribution in [0.5, 0.6) is 0 Å². The summed E-state index contributed by atoms with van der Waals surface area (Å²) >= 11 is 0. The van der Waals surface area contributed by atoms with Crippen molar-refractivity contribution < 1.29 is 52.8 Å². The number of aliphatic hydroxyl groups excluding tert-OH is 1. The number of fused-ring (bicyclic) bond motifs is 5. The average Bonchev–Trinajstić information content (AvgIpc) is 3.94. The number of Topliss-reactive ketones (excluding diaryl/α,β-unsaturated/α-hetero) is 1. The first kappa shape index (κ1) is 37.8. The van der Waals surface area contributed by atoms with E-state index < -0.39 is 90.3 Å². The van der Waals surface area contributed by atoms with Gasteiger partial charge in [-0.25, -0.2) is 4.79 Å². The Bertz CT molecular complexity index is 1590. The van der Waals surface area contributed by atoms with Gasteiger partial charge in [0.05, 0.1) is 41.6 Å². The molecule has 280 valence electrons. The van der Waals surface area contributed by atoms with Crippen molar-refractivity contribution in [2.75, 3.05) is 6.61 Å². The molecule has 0 aromatic heterocycles. The van der Waals surface area contributed by atoms with Gasteiger partial charge in [0, 0.05) is 31.1 Å². The lowest BCUT2D eigenvalue weighted by molar-refractivity contribution is -0.344. The monoisotopic (exact) mass is 726 g/mol. The molecule has 6 rings (SSSR count). The van der Waals surface area contributed by atoms with Crippen molar-refractivity contribution in [1.29, 1.82) is 0 Å². The van der Waals surface area contributed by atoms with E-state index >= 15 is 4.79 Å². The third kappa shape index (κ3) is 5.75. The lowest BCUT2D eigenvalue weighted by Gasteiger charge is -2.68. The molecule has 51 heavy (non-hydrogen) atoms. The number of benzene rings is 1. The third-order valence-corrected chi connectivity index (χ3v) is 18.0. The van der Waals surface area contributed by atoms with Crippen LogP contribution < -0.4 is 0 Å². The van der Waals surface area contributed by atoms with Gasteiger partial charge in [0.1, 0.15) is 17.8 Å². The highest BCUT2D eigenvalue weighted by Gasteiger charge is 2.78. The van der Waals surface area contributed by atoms with Crippen molar-refractivity contribution in [3.63, 3.8) is 0 Å². The summed E-state index contributed by atoms with van der Waals surface area (Å²) in [5.41, 5.74) is -6.17. The Hall–Kier alpha value is -2.90.